The van der Waals surface area contributed by atoms with Crippen molar-refractivity contribution >= 4 is 44.1 Å². The Balaban J connectivity index is 1.28. The molecule has 0 aliphatic heterocycles. The van der Waals surface area contributed by atoms with Crippen LogP contribution in [0, 0.1) is 5.92 Å². The van der Waals surface area contributed by atoms with Gasteiger partial charge in [-0.1, -0.05) is 159 Å². The smallest absolute Gasteiger partial charge is 0.135 e. The Morgan fingerprint density at radius 3 is 1.92 bits per heavy atom. The molecule has 2 unspecified atom stereocenters. The molecular formula is C47H35NO. The lowest BCUT2D eigenvalue weighted by Crippen LogP contribution is -2.35. The van der Waals surface area contributed by atoms with Gasteiger partial charge in [0, 0.05) is 33.3 Å². The highest BCUT2D eigenvalue weighted by atomic mass is 16.3. The van der Waals surface area contributed by atoms with Crippen molar-refractivity contribution in [2.24, 2.45) is 5.92 Å². The van der Waals surface area contributed by atoms with Gasteiger partial charge in [0.15, 0.2) is 0 Å². The van der Waals surface area contributed by atoms with Gasteiger partial charge in [-0.05, 0) is 69.3 Å². The summed E-state index contributed by atoms with van der Waals surface area (Å²) < 4.78 is 6.21. The van der Waals surface area contributed by atoms with Crippen molar-refractivity contribution in [2.75, 3.05) is 4.90 Å². The number of nitrogens with zero attached hydrogens (tertiary/aromatic N) is 1. The van der Waals surface area contributed by atoms with Gasteiger partial charge < -0.3 is 9.32 Å². The predicted octanol–water partition coefficient (Wildman–Crippen LogP) is 13.0. The molecule has 7 aromatic carbocycles. The highest BCUT2D eigenvalue weighted by Crippen LogP contribution is 2.46. The number of allylic oxidation sites excluding steroid dienone is 2. The molecule has 2 nitrogen and oxygen atoms in total. The molecule has 2 heteroatoms. The number of benzene rings is 7. The van der Waals surface area contributed by atoms with Gasteiger partial charge in [0.2, 0.25) is 0 Å². The van der Waals surface area contributed by atoms with Crippen LogP contribution < -0.4 is 4.90 Å². The average molecular weight is 630 g/mol. The number of rotatable bonds is 6. The fourth-order valence-electron chi connectivity index (χ4n) is 7.64. The van der Waals surface area contributed by atoms with Crippen LogP contribution in [0.25, 0.3) is 66.1 Å². The third-order valence-corrected chi connectivity index (χ3v) is 9.97. The molecule has 0 amide bonds. The first-order valence-corrected chi connectivity index (χ1v) is 17.1. The van der Waals surface area contributed by atoms with Crippen LogP contribution in [0.5, 0.6) is 0 Å². The molecule has 2 atom stereocenters. The van der Waals surface area contributed by atoms with Gasteiger partial charge in [0.25, 0.3) is 0 Å². The first-order valence-electron chi connectivity index (χ1n) is 17.1. The van der Waals surface area contributed by atoms with E-state index in [1.54, 1.807) is 0 Å². The lowest BCUT2D eigenvalue weighted by atomic mass is 9.88. The Labute approximate surface area is 286 Å². The van der Waals surface area contributed by atoms with E-state index in [0.717, 1.165) is 27.5 Å². The van der Waals surface area contributed by atoms with E-state index < -0.39 is 0 Å². The molecule has 0 radical (unpaired) electrons. The predicted molar refractivity (Wildman–Crippen MR) is 207 cm³/mol. The van der Waals surface area contributed by atoms with E-state index in [1.807, 2.05) is 12.1 Å². The largest absolute Gasteiger partial charge is 0.456 e. The number of furan rings is 1. The normalized spacial score (nSPS) is 15.7. The molecule has 0 spiro atoms. The van der Waals surface area contributed by atoms with Crippen LogP contribution in [-0.4, -0.2) is 6.04 Å². The van der Waals surface area contributed by atoms with E-state index in [9.17, 15) is 0 Å². The molecule has 0 fully saturated rings. The first kappa shape index (κ1) is 29.1. The minimum Gasteiger partial charge on any atom is -0.456 e. The monoisotopic (exact) mass is 629 g/mol. The summed E-state index contributed by atoms with van der Waals surface area (Å²) >= 11 is 0. The maximum Gasteiger partial charge on any atom is 0.135 e. The molecule has 0 bridgehead atoms. The number of hydrogen-bond donors (Lipinski definition) is 0. The van der Waals surface area contributed by atoms with Crippen molar-refractivity contribution in [3.63, 3.8) is 0 Å². The van der Waals surface area contributed by atoms with Crippen molar-refractivity contribution in [3.05, 3.63) is 182 Å². The van der Waals surface area contributed by atoms with Gasteiger partial charge in [0.05, 0.1) is 6.04 Å². The topological polar surface area (TPSA) is 16.4 Å². The lowest BCUT2D eigenvalue weighted by molar-refractivity contribution is 0.610. The first-order chi connectivity index (χ1) is 24.2. The van der Waals surface area contributed by atoms with Gasteiger partial charge in [-0.15, -0.1) is 0 Å². The third kappa shape index (κ3) is 5.05. The molecule has 49 heavy (non-hydrogen) atoms. The maximum absolute atomic E-state index is 6.21. The summed E-state index contributed by atoms with van der Waals surface area (Å²) in [6, 6.07) is 56.9. The summed E-state index contributed by atoms with van der Waals surface area (Å²) in [6.07, 6.45) is 9.03. The molecule has 0 saturated heterocycles. The molecular weight excluding hydrogens is 595 g/mol. The van der Waals surface area contributed by atoms with Gasteiger partial charge >= 0.3 is 0 Å². The minimum absolute atomic E-state index is 0.106. The fraction of sp³-hybridized carbons (Fsp3) is 0.0638. The van der Waals surface area contributed by atoms with Crippen molar-refractivity contribution in [2.45, 2.75) is 13.0 Å². The highest BCUT2D eigenvalue weighted by Gasteiger charge is 2.28. The van der Waals surface area contributed by atoms with Crippen LogP contribution in [0.1, 0.15) is 6.92 Å². The van der Waals surface area contributed by atoms with Crippen LogP contribution in [0.15, 0.2) is 186 Å². The molecule has 0 saturated carbocycles. The summed E-state index contributed by atoms with van der Waals surface area (Å²) in [5.74, 6) is 0.291. The summed E-state index contributed by atoms with van der Waals surface area (Å²) in [7, 11) is 0. The molecule has 234 valence electrons. The van der Waals surface area contributed by atoms with Crippen LogP contribution in [0.2, 0.25) is 0 Å². The van der Waals surface area contributed by atoms with Crippen LogP contribution >= 0.6 is 0 Å². The summed E-state index contributed by atoms with van der Waals surface area (Å²) in [5.41, 5.74) is 11.4. The van der Waals surface area contributed by atoms with E-state index in [2.05, 4.69) is 182 Å². The van der Waals surface area contributed by atoms with Gasteiger partial charge in [0.1, 0.15) is 11.2 Å². The molecule has 1 aromatic heterocycles. The molecule has 9 rings (SSSR count). The Kier molecular flexibility index (Phi) is 7.21. The standard InChI is InChI=1S/C47H35NO/c1-32-15-5-9-25-42(32)48(43-26-10-6-20-36(43)35-29-30-46-41(31-35)39-22-8-12-28-45(39)49-46)44-27-11-7-21-38(44)40-24-14-19-34-18-13-23-37(47(34)40)33-16-3-2-4-17-33/h2-32,42H,1H3. The Bertz CT molecular complexity index is 2530. The second kappa shape index (κ2) is 12.2. The maximum atomic E-state index is 6.21. The van der Waals surface area contributed by atoms with E-state index in [1.165, 1.54) is 50.0 Å². The average Bonchev–Trinajstić information content (AvgIpc) is 3.54. The van der Waals surface area contributed by atoms with Crippen molar-refractivity contribution < 1.29 is 4.42 Å². The van der Waals surface area contributed by atoms with E-state index in [0.29, 0.717) is 5.92 Å². The summed E-state index contributed by atoms with van der Waals surface area (Å²) in [5, 5.41) is 4.77. The minimum atomic E-state index is 0.106. The Morgan fingerprint density at radius 2 is 1.10 bits per heavy atom. The van der Waals surface area contributed by atoms with Gasteiger partial charge in [-0.3, -0.25) is 0 Å². The number of para-hydroxylation sites is 3. The second-order valence-corrected chi connectivity index (χ2v) is 12.9. The van der Waals surface area contributed by atoms with Crippen LogP contribution in [0.3, 0.4) is 0 Å². The van der Waals surface area contributed by atoms with Crippen molar-refractivity contribution in [3.8, 4) is 33.4 Å². The Hall–Kier alpha value is -6.12. The quantitative estimate of drug-likeness (QED) is 0.182. The summed E-state index contributed by atoms with van der Waals surface area (Å²) in [6.45, 7) is 2.32. The van der Waals surface area contributed by atoms with Crippen LogP contribution in [-0.2, 0) is 0 Å². The molecule has 0 N–H and O–H groups in total. The SMILES string of the molecule is CC1C=CC=CC1N(c1ccccc1-c1ccc2oc3ccccc3c2c1)c1ccccc1-c1cccc2cccc(-c3ccccc3)c12. The lowest BCUT2D eigenvalue weighted by Gasteiger charge is -2.38. The zero-order valence-electron chi connectivity index (χ0n) is 27.3. The number of hydrogen-bond acceptors (Lipinski definition) is 2. The zero-order chi connectivity index (χ0) is 32.7. The second-order valence-electron chi connectivity index (χ2n) is 12.9. The Morgan fingerprint density at radius 1 is 0.469 bits per heavy atom. The molecule has 1 heterocycles. The van der Waals surface area contributed by atoms with Gasteiger partial charge in [-0.2, -0.15) is 0 Å². The van der Waals surface area contributed by atoms with E-state index >= 15 is 0 Å². The van der Waals surface area contributed by atoms with Crippen molar-refractivity contribution in [1.29, 1.82) is 0 Å². The molecule has 8 aromatic rings. The third-order valence-electron chi connectivity index (χ3n) is 9.97. The zero-order valence-corrected chi connectivity index (χ0v) is 27.3. The van der Waals surface area contributed by atoms with Crippen LogP contribution in [0.4, 0.5) is 11.4 Å². The van der Waals surface area contributed by atoms with Gasteiger partial charge in [-0.25, -0.2) is 0 Å². The van der Waals surface area contributed by atoms with E-state index in [-0.39, 0.29) is 6.04 Å². The van der Waals surface area contributed by atoms with E-state index in [4.69, 9.17) is 4.42 Å². The summed E-state index contributed by atoms with van der Waals surface area (Å²) in [4.78, 5) is 2.57. The number of anilines is 2. The fourth-order valence-corrected chi connectivity index (χ4v) is 7.64. The number of fused-ring (bicyclic) bond motifs is 4. The van der Waals surface area contributed by atoms with Crippen molar-refractivity contribution in [1.82, 2.24) is 0 Å². The highest BCUT2D eigenvalue weighted by molar-refractivity contribution is 6.09. The molecule has 1 aliphatic carbocycles. The molecule has 1 aliphatic rings.